The van der Waals surface area contributed by atoms with Gasteiger partial charge in [0.15, 0.2) is 5.78 Å². The van der Waals surface area contributed by atoms with Gasteiger partial charge in [-0.3, -0.25) is 9.59 Å². The van der Waals surface area contributed by atoms with Crippen LogP contribution in [0.4, 0.5) is 10.5 Å². The number of carbonyl (C=O) groups excluding carboxylic acids is 3. The Morgan fingerprint density at radius 2 is 1.78 bits per heavy atom. The molecular weight excluding hydrogens is 522 g/mol. The molecule has 1 aliphatic carbocycles. The fraction of sp³-hybridized carbons (Fsp3) is 0.594. The molecule has 1 aromatic carbocycles. The summed E-state index contributed by atoms with van der Waals surface area (Å²) in [6.07, 6.45) is 4.89. The van der Waals surface area contributed by atoms with Crippen molar-refractivity contribution < 1.29 is 28.6 Å². The number of hydrogen-bond acceptors (Lipinski definition) is 7. The van der Waals surface area contributed by atoms with E-state index in [1.165, 1.54) is 0 Å². The molecule has 4 rings (SSSR count). The van der Waals surface area contributed by atoms with Gasteiger partial charge in [-0.2, -0.15) is 0 Å². The second kappa shape index (κ2) is 12.7. The molecular formula is C32H45N3O6. The average Bonchev–Trinajstić information content (AvgIpc) is 2.86. The standard InChI is InChI=1S/C32H45N3O6/c1-8-35(23-9-11-39-12-10-23)28-16-24(40-25-18-34(19-25)31(38)41-32(5,6)7)15-26(22(28)4)30(37)33-17-27-21(3)13-20(2)14-29(27)36/h13-16,23,25,27H,8-12,17-19H2,1-7H3,(H,33,37). The highest BCUT2D eigenvalue weighted by molar-refractivity contribution is 5.99. The molecule has 224 valence electrons. The highest BCUT2D eigenvalue weighted by atomic mass is 16.6. The van der Waals surface area contributed by atoms with Crippen LogP contribution in [0.3, 0.4) is 0 Å². The minimum absolute atomic E-state index is 0.00787. The molecule has 41 heavy (non-hydrogen) atoms. The van der Waals surface area contributed by atoms with Crippen molar-refractivity contribution in [3.05, 3.63) is 46.6 Å². The summed E-state index contributed by atoms with van der Waals surface area (Å²) < 4.78 is 17.4. The Morgan fingerprint density at radius 3 is 2.39 bits per heavy atom. The van der Waals surface area contributed by atoms with Crippen LogP contribution in [0.25, 0.3) is 0 Å². The second-order valence-corrected chi connectivity index (χ2v) is 12.3. The molecule has 9 heteroatoms. The number of allylic oxidation sites excluding steroid dienone is 3. The summed E-state index contributed by atoms with van der Waals surface area (Å²) >= 11 is 0. The van der Waals surface area contributed by atoms with Gasteiger partial charge in [-0.1, -0.05) is 11.6 Å². The monoisotopic (exact) mass is 567 g/mol. The van der Waals surface area contributed by atoms with Gasteiger partial charge in [-0.25, -0.2) is 4.79 Å². The molecule has 2 fully saturated rings. The fourth-order valence-electron chi connectivity index (χ4n) is 5.68. The van der Waals surface area contributed by atoms with Crippen molar-refractivity contribution in [3.8, 4) is 5.75 Å². The van der Waals surface area contributed by atoms with Crippen LogP contribution in [-0.2, 0) is 14.3 Å². The molecule has 2 aliphatic heterocycles. The van der Waals surface area contributed by atoms with Crippen LogP contribution in [0, 0.1) is 12.8 Å². The Kier molecular flexibility index (Phi) is 9.47. The number of carbonyl (C=O) groups is 3. The summed E-state index contributed by atoms with van der Waals surface area (Å²) in [4.78, 5) is 42.6. The van der Waals surface area contributed by atoms with Crippen molar-refractivity contribution in [2.24, 2.45) is 5.92 Å². The van der Waals surface area contributed by atoms with Crippen molar-refractivity contribution >= 4 is 23.5 Å². The lowest BCUT2D eigenvalue weighted by Gasteiger charge is -2.40. The molecule has 0 radical (unpaired) electrons. The Hall–Kier alpha value is -3.33. The third-order valence-electron chi connectivity index (χ3n) is 7.87. The normalized spacial score (nSPS) is 20.1. The van der Waals surface area contributed by atoms with Gasteiger partial charge in [0.25, 0.3) is 5.91 Å². The maximum Gasteiger partial charge on any atom is 0.410 e. The molecule has 2 heterocycles. The van der Waals surface area contributed by atoms with Crippen LogP contribution in [0.1, 0.15) is 70.3 Å². The largest absolute Gasteiger partial charge is 0.487 e. The van der Waals surface area contributed by atoms with Crippen LogP contribution in [0.15, 0.2) is 35.4 Å². The number of benzene rings is 1. The molecule has 0 aromatic heterocycles. The molecule has 1 N–H and O–H groups in total. The summed E-state index contributed by atoms with van der Waals surface area (Å²) in [5, 5.41) is 3.01. The number of likely N-dealkylation sites (tertiary alicyclic amines) is 1. The lowest BCUT2D eigenvalue weighted by Crippen LogP contribution is -2.57. The van der Waals surface area contributed by atoms with E-state index in [1.54, 1.807) is 17.0 Å². The molecule has 1 unspecified atom stereocenters. The number of rotatable bonds is 8. The highest BCUT2D eigenvalue weighted by Crippen LogP contribution is 2.34. The highest BCUT2D eigenvalue weighted by Gasteiger charge is 2.36. The van der Waals surface area contributed by atoms with E-state index in [2.05, 4.69) is 17.1 Å². The minimum atomic E-state index is -0.559. The molecule has 0 spiro atoms. The first-order chi connectivity index (χ1) is 19.4. The summed E-state index contributed by atoms with van der Waals surface area (Å²) in [5.74, 6) is -0.0230. The van der Waals surface area contributed by atoms with Gasteiger partial charge in [-0.05, 0) is 84.6 Å². The Morgan fingerprint density at radius 1 is 1.10 bits per heavy atom. The van der Waals surface area contributed by atoms with Crippen molar-refractivity contribution in [3.63, 3.8) is 0 Å². The third kappa shape index (κ3) is 7.50. The lowest BCUT2D eigenvalue weighted by atomic mass is 9.88. The van der Waals surface area contributed by atoms with Gasteiger partial charge in [0.05, 0.1) is 19.0 Å². The topological polar surface area (TPSA) is 97.4 Å². The van der Waals surface area contributed by atoms with Crippen molar-refractivity contribution in [1.29, 1.82) is 0 Å². The smallest absolute Gasteiger partial charge is 0.410 e. The molecule has 0 saturated carbocycles. The number of ketones is 1. The van der Waals surface area contributed by atoms with Crippen LogP contribution in [-0.4, -0.2) is 79.8 Å². The van der Waals surface area contributed by atoms with Crippen LogP contribution in [0.2, 0.25) is 0 Å². The SMILES string of the molecule is CCN(c1cc(OC2CN(C(=O)OC(C)(C)C)C2)cc(C(=O)NCC2C(=O)C=C(C)C=C2C)c1C)C1CCOCC1. The number of ether oxygens (including phenoxy) is 3. The maximum absolute atomic E-state index is 13.6. The molecule has 9 nitrogen and oxygen atoms in total. The number of anilines is 1. The molecule has 1 aromatic rings. The summed E-state index contributed by atoms with van der Waals surface area (Å²) in [5.41, 5.74) is 3.65. The van der Waals surface area contributed by atoms with Gasteiger partial charge in [-0.15, -0.1) is 0 Å². The zero-order chi connectivity index (χ0) is 29.9. The van der Waals surface area contributed by atoms with Gasteiger partial charge in [0.1, 0.15) is 17.5 Å². The van der Waals surface area contributed by atoms with E-state index in [0.717, 1.165) is 41.8 Å². The number of nitrogens with one attached hydrogen (secondary N) is 1. The molecule has 1 atom stereocenters. The number of amides is 2. The fourth-order valence-corrected chi connectivity index (χ4v) is 5.68. The van der Waals surface area contributed by atoms with E-state index in [1.807, 2.05) is 53.7 Å². The predicted octanol–water partition coefficient (Wildman–Crippen LogP) is 4.82. The van der Waals surface area contributed by atoms with Gasteiger partial charge in [0, 0.05) is 49.7 Å². The molecule has 2 saturated heterocycles. The third-order valence-corrected chi connectivity index (χ3v) is 7.87. The van der Waals surface area contributed by atoms with Gasteiger partial charge in [0.2, 0.25) is 0 Å². The second-order valence-electron chi connectivity index (χ2n) is 12.3. The van der Waals surface area contributed by atoms with Crippen LogP contribution >= 0.6 is 0 Å². The Bertz CT molecular complexity index is 1220. The van der Waals surface area contributed by atoms with Crippen LogP contribution < -0.4 is 15.0 Å². The van der Waals surface area contributed by atoms with Gasteiger partial charge >= 0.3 is 6.09 Å². The van der Waals surface area contributed by atoms with E-state index < -0.39 is 5.60 Å². The Labute approximate surface area is 243 Å². The first kappa shape index (κ1) is 30.6. The number of hydrogen-bond donors (Lipinski definition) is 1. The summed E-state index contributed by atoms with van der Waals surface area (Å²) in [6.45, 7) is 16.7. The average molecular weight is 568 g/mol. The summed E-state index contributed by atoms with van der Waals surface area (Å²) in [6, 6.07) is 4.08. The van der Waals surface area contributed by atoms with Crippen molar-refractivity contribution in [2.45, 2.75) is 79.1 Å². The van der Waals surface area contributed by atoms with Crippen LogP contribution in [0.5, 0.6) is 5.75 Å². The van der Waals surface area contributed by atoms with E-state index in [4.69, 9.17) is 14.2 Å². The first-order valence-corrected chi connectivity index (χ1v) is 14.7. The predicted molar refractivity (Wildman–Crippen MR) is 159 cm³/mol. The molecule has 3 aliphatic rings. The summed E-state index contributed by atoms with van der Waals surface area (Å²) in [7, 11) is 0. The first-order valence-electron chi connectivity index (χ1n) is 14.7. The quantitative estimate of drug-likeness (QED) is 0.481. The van der Waals surface area contributed by atoms with E-state index in [9.17, 15) is 14.4 Å². The lowest BCUT2D eigenvalue weighted by molar-refractivity contribution is -0.117. The van der Waals surface area contributed by atoms with E-state index >= 15 is 0 Å². The Balaban J connectivity index is 1.54. The molecule has 2 amide bonds. The molecule has 0 bridgehead atoms. The van der Waals surface area contributed by atoms with E-state index in [-0.39, 0.29) is 36.4 Å². The maximum atomic E-state index is 13.6. The van der Waals surface area contributed by atoms with Crippen molar-refractivity contribution in [2.75, 3.05) is 44.3 Å². The minimum Gasteiger partial charge on any atom is -0.487 e. The number of nitrogens with zero attached hydrogens (tertiary/aromatic N) is 2. The zero-order valence-corrected chi connectivity index (χ0v) is 25.5. The van der Waals surface area contributed by atoms with E-state index in [0.29, 0.717) is 43.7 Å². The van der Waals surface area contributed by atoms with Gasteiger partial charge < -0.3 is 29.3 Å². The zero-order valence-electron chi connectivity index (χ0n) is 25.5. The van der Waals surface area contributed by atoms with Crippen molar-refractivity contribution in [1.82, 2.24) is 10.2 Å².